The lowest BCUT2D eigenvalue weighted by Crippen LogP contribution is -2.30. The fourth-order valence-electron chi connectivity index (χ4n) is 7.65. The van der Waals surface area contributed by atoms with Gasteiger partial charge in [-0.15, -0.1) is 0 Å². The number of hydrogen-bond donors (Lipinski definition) is 0. The minimum atomic E-state index is -0.829. The molecule has 6 nitrogen and oxygen atoms in total. The molecule has 1 atom stereocenters. The Morgan fingerprint density at radius 2 is 0.507 bits per heavy atom. The van der Waals surface area contributed by atoms with Crippen LogP contribution in [0.1, 0.15) is 239 Å². The lowest BCUT2D eigenvalue weighted by atomic mass is 10.0. The summed E-state index contributed by atoms with van der Waals surface area (Å²) in [6, 6.07) is 0. The fourth-order valence-corrected chi connectivity index (χ4v) is 7.65. The van der Waals surface area contributed by atoms with Gasteiger partial charge in [-0.25, -0.2) is 0 Å². The summed E-state index contributed by atoms with van der Waals surface area (Å²) in [5, 5.41) is 0. The number of hydrogen-bond acceptors (Lipinski definition) is 6. The van der Waals surface area contributed by atoms with E-state index in [2.05, 4.69) is 167 Å². The average Bonchev–Trinajstić information content (AvgIpc) is 3.41. The quantitative estimate of drug-likeness (QED) is 0.0261. The molecule has 0 aliphatic heterocycles. The summed E-state index contributed by atoms with van der Waals surface area (Å²) in [6.45, 7) is 6.20. The zero-order valence-electron chi connectivity index (χ0n) is 48.0. The van der Waals surface area contributed by atoms with Crippen LogP contribution in [0, 0.1) is 0 Å². The Morgan fingerprint density at radius 3 is 0.827 bits per heavy atom. The van der Waals surface area contributed by atoms with Gasteiger partial charge in [0.25, 0.3) is 0 Å². The Labute approximate surface area is 460 Å². The topological polar surface area (TPSA) is 78.9 Å². The summed E-state index contributed by atoms with van der Waals surface area (Å²) in [4.78, 5) is 38.2. The minimum Gasteiger partial charge on any atom is -0.462 e. The van der Waals surface area contributed by atoms with Crippen LogP contribution in [0.5, 0.6) is 0 Å². The molecule has 0 aromatic carbocycles. The second-order valence-corrected chi connectivity index (χ2v) is 19.1. The third-order valence-electron chi connectivity index (χ3n) is 12.0. The van der Waals surface area contributed by atoms with Gasteiger partial charge in [0, 0.05) is 19.3 Å². The number of unbranched alkanes of at least 4 members (excludes halogenated alkanes) is 15. The van der Waals surface area contributed by atoms with Gasteiger partial charge in [0.2, 0.25) is 0 Å². The van der Waals surface area contributed by atoms with Crippen LogP contribution in [0.2, 0.25) is 0 Å². The number of ether oxygens (including phenoxy) is 3. The number of carbonyl (C=O) groups is 3. The Bertz CT molecular complexity index is 1710. The molecule has 0 amide bonds. The first-order valence-corrected chi connectivity index (χ1v) is 30.0. The van der Waals surface area contributed by atoms with Gasteiger partial charge in [-0.2, -0.15) is 0 Å². The highest BCUT2D eigenvalue weighted by atomic mass is 16.6. The van der Waals surface area contributed by atoms with Gasteiger partial charge in [0.05, 0.1) is 0 Å². The Morgan fingerprint density at radius 1 is 0.267 bits per heavy atom. The number of rotatable bonds is 52. The molecule has 6 heteroatoms. The summed E-state index contributed by atoms with van der Waals surface area (Å²) in [7, 11) is 0. The molecular formula is C69H108O6. The molecule has 0 saturated carbocycles. The van der Waals surface area contributed by atoms with Crippen molar-refractivity contribution >= 4 is 17.9 Å². The van der Waals surface area contributed by atoms with Gasteiger partial charge in [-0.05, 0) is 128 Å². The monoisotopic (exact) mass is 1030 g/mol. The Kier molecular flexibility index (Phi) is 57.5. The summed E-state index contributed by atoms with van der Waals surface area (Å²) in [5.74, 6) is -1.04. The first kappa shape index (κ1) is 70.0. The molecular weight excluding hydrogens is 925 g/mol. The summed E-state index contributed by atoms with van der Waals surface area (Å²) >= 11 is 0. The van der Waals surface area contributed by atoms with E-state index < -0.39 is 6.10 Å². The van der Waals surface area contributed by atoms with Gasteiger partial charge < -0.3 is 14.2 Å². The molecule has 0 radical (unpaired) electrons. The van der Waals surface area contributed by atoms with Crippen molar-refractivity contribution < 1.29 is 28.6 Å². The summed E-state index contributed by atoms with van der Waals surface area (Å²) < 4.78 is 16.8. The van der Waals surface area contributed by atoms with Crippen molar-refractivity contribution in [2.24, 2.45) is 0 Å². The van der Waals surface area contributed by atoms with E-state index in [1.807, 2.05) is 12.2 Å². The molecule has 420 valence electrons. The predicted molar refractivity (Wildman–Crippen MR) is 325 cm³/mol. The van der Waals surface area contributed by atoms with E-state index in [0.717, 1.165) is 135 Å². The minimum absolute atomic E-state index is 0.118. The average molecular weight is 1030 g/mol. The van der Waals surface area contributed by atoms with Crippen LogP contribution in [-0.4, -0.2) is 37.2 Å². The van der Waals surface area contributed by atoms with Crippen LogP contribution in [0.4, 0.5) is 0 Å². The summed E-state index contributed by atoms with van der Waals surface area (Å²) in [6.07, 6.45) is 89.7. The van der Waals surface area contributed by atoms with E-state index in [-0.39, 0.29) is 44.0 Å². The summed E-state index contributed by atoms with van der Waals surface area (Å²) in [5.41, 5.74) is 0. The van der Waals surface area contributed by atoms with E-state index in [9.17, 15) is 14.4 Å². The smallest absolute Gasteiger partial charge is 0.306 e. The normalized spacial score (nSPS) is 13.3. The lowest BCUT2D eigenvalue weighted by molar-refractivity contribution is -0.166. The van der Waals surface area contributed by atoms with Crippen LogP contribution in [-0.2, 0) is 28.6 Å². The largest absolute Gasteiger partial charge is 0.462 e. The van der Waals surface area contributed by atoms with Gasteiger partial charge in [-0.3, -0.25) is 14.4 Å². The van der Waals surface area contributed by atoms with Crippen molar-refractivity contribution in [2.45, 2.75) is 245 Å². The van der Waals surface area contributed by atoms with Gasteiger partial charge in [0.1, 0.15) is 13.2 Å². The molecule has 1 unspecified atom stereocenters. The van der Waals surface area contributed by atoms with Crippen molar-refractivity contribution in [3.8, 4) is 0 Å². The molecule has 0 aliphatic carbocycles. The molecule has 0 bridgehead atoms. The van der Waals surface area contributed by atoms with E-state index in [1.165, 1.54) is 57.8 Å². The maximum atomic E-state index is 12.9. The predicted octanol–water partition coefficient (Wildman–Crippen LogP) is 20.5. The zero-order valence-corrected chi connectivity index (χ0v) is 48.0. The SMILES string of the molecule is CC/C=C\C/C=C\C/C=C\C/C=C\C/C=C\CCCCCCCCCCCCCC(=O)OCC(COC(=O)CC/C=C\C/C=C\C/C=C\C/C=C\CC)OC(=O)CCCCCC/C=C\C/C=C\C/C=C\C/C=C\CC. The molecule has 0 N–H and O–H groups in total. The van der Waals surface area contributed by atoms with Gasteiger partial charge in [-0.1, -0.05) is 249 Å². The molecule has 0 fully saturated rings. The van der Waals surface area contributed by atoms with Crippen LogP contribution in [0.25, 0.3) is 0 Å². The first-order chi connectivity index (χ1) is 37.0. The van der Waals surface area contributed by atoms with E-state index in [0.29, 0.717) is 12.8 Å². The molecule has 0 rings (SSSR count). The molecule has 0 spiro atoms. The lowest BCUT2D eigenvalue weighted by Gasteiger charge is -2.18. The van der Waals surface area contributed by atoms with E-state index in [4.69, 9.17) is 14.2 Å². The van der Waals surface area contributed by atoms with Gasteiger partial charge in [0.15, 0.2) is 6.10 Å². The van der Waals surface area contributed by atoms with E-state index >= 15 is 0 Å². The maximum absolute atomic E-state index is 12.9. The Balaban J connectivity index is 4.40. The maximum Gasteiger partial charge on any atom is 0.306 e. The van der Waals surface area contributed by atoms with Crippen molar-refractivity contribution in [1.29, 1.82) is 0 Å². The van der Waals surface area contributed by atoms with Crippen molar-refractivity contribution in [1.82, 2.24) is 0 Å². The number of esters is 3. The second-order valence-electron chi connectivity index (χ2n) is 19.1. The highest BCUT2D eigenvalue weighted by molar-refractivity contribution is 5.71. The van der Waals surface area contributed by atoms with Gasteiger partial charge >= 0.3 is 17.9 Å². The van der Waals surface area contributed by atoms with Crippen LogP contribution >= 0.6 is 0 Å². The molecule has 0 aromatic heterocycles. The van der Waals surface area contributed by atoms with E-state index in [1.54, 1.807) is 0 Å². The van der Waals surface area contributed by atoms with Crippen LogP contribution in [0.15, 0.2) is 158 Å². The third-order valence-corrected chi connectivity index (χ3v) is 12.0. The molecule has 75 heavy (non-hydrogen) atoms. The molecule has 0 aliphatic rings. The second kappa shape index (κ2) is 61.6. The zero-order chi connectivity index (χ0) is 54.3. The van der Waals surface area contributed by atoms with Crippen molar-refractivity contribution in [2.75, 3.05) is 13.2 Å². The van der Waals surface area contributed by atoms with Crippen molar-refractivity contribution in [3.05, 3.63) is 158 Å². The Hall–Kier alpha value is -4.97. The van der Waals surface area contributed by atoms with Crippen molar-refractivity contribution in [3.63, 3.8) is 0 Å². The highest BCUT2D eigenvalue weighted by Gasteiger charge is 2.19. The van der Waals surface area contributed by atoms with Crippen LogP contribution in [0.3, 0.4) is 0 Å². The molecule has 0 saturated heterocycles. The fraction of sp³-hybridized carbons (Fsp3) is 0.580. The molecule has 0 aromatic rings. The molecule has 0 heterocycles. The number of carbonyl (C=O) groups excluding carboxylic acids is 3. The standard InChI is InChI=1S/C69H108O6/c1-4-7-10-13-16-19-22-25-27-29-30-31-32-33-34-35-36-37-38-40-41-44-47-50-53-56-59-62-68(71)74-65-66(64-73-67(70)61-58-55-52-49-46-43-24-21-18-15-12-9-6-3)75-69(72)63-60-57-54-51-48-45-42-39-28-26-23-20-17-14-11-8-5-2/h7-12,16-21,25-28,30-31,33-34,42-43,45-46,52,55,66H,4-6,13-15,22-24,29,32,35-41,44,47-51,53-54,56-65H2,1-3H3/b10-7-,11-8-,12-9-,19-16-,20-17-,21-18-,27-25-,28-26-,31-30-,34-33-,45-42-,46-43-,55-52-. The third kappa shape index (κ3) is 59.8. The number of allylic oxidation sites excluding steroid dienone is 26. The first-order valence-electron chi connectivity index (χ1n) is 30.0. The van der Waals surface area contributed by atoms with Crippen LogP contribution < -0.4 is 0 Å². The highest BCUT2D eigenvalue weighted by Crippen LogP contribution is 2.14.